The van der Waals surface area contributed by atoms with Crippen molar-refractivity contribution < 1.29 is 18.0 Å². The van der Waals surface area contributed by atoms with Crippen LogP contribution in [-0.4, -0.2) is 54.9 Å². The lowest BCUT2D eigenvalue weighted by atomic mass is 9.96. The van der Waals surface area contributed by atoms with Gasteiger partial charge in [-0.05, 0) is 44.0 Å². The van der Waals surface area contributed by atoms with E-state index in [1.165, 1.54) is 6.07 Å². The molecule has 4 heterocycles. The molecule has 0 unspecified atom stereocenters. The number of hydrogen-bond donors (Lipinski definition) is 1. The molecule has 12 heteroatoms. The Labute approximate surface area is 192 Å². The molecule has 9 nitrogen and oxygen atoms in total. The Morgan fingerprint density at radius 2 is 1.88 bits per heavy atom. The van der Waals surface area contributed by atoms with Crippen molar-refractivity contribution in [2.75, 3.05) is 24.5 Å². The molecule has 1 aliphatic heterocycles. The van der Waals surface area contributed by atoms with E-state index < -0.39 is 12.0 Å². The molecule has 1 aliphatic rings. The summed E-state index contributed by atoms with van der Waals surface area (Å²) in [5.74, 6) is -0.0156. The van der Waals surface area contributed by atoms with E-state index in [0.29, 0.717) is 44.8 Å². The molecule has 34 heavy (non-hydrogen) atoms. The second-order valence-corrected chi connectivity index (χ2v) is 8.33. The molecule has 1 saturated heterocycles. The van der Waals surface area contributed by atoms with E-state index >= 15 is 0 Å². The summed E-state index contributed by atoms with van der Waals surface area (Å²) in [4.78, 5) is 19.1. The number of para-hydroxylation sites is 2. The molecule has 0 spiro atoms. The fourth-order valence-electron chi connectivity index (χ4n) is 4.41. The molecule has 1 amide bonds. The number of alkyl halides is 3. The van der Waals surface area contributed by atoms with Crippen LogP contribution in [0.4, 0.5) is 19.0 Å². The van der Waals surface area contributed by atoms with Gasteiger partial charge in [0.2, 0.25) is 5.91 Å². The number of carbonyl (C=O) groups excluding carboxylic acids is 1. The van der Waals surface area contributed by atoms with E-state index in [2.05, 4.69) is 30.2 Å². The molecule has 0 saturated carbocycles. The van der Waals surface area contributed by atoms with Crippen molar-refractivity contribution in [3.8, 4) is 0 Å². The van der Waals surface area contributed by atoms with Crippen molar-refractivity contribution in [3.63, 3.8) is 0 Å². The maximum absolute atomic E-state index is 13.1. The maximum Gasteiger partial charge on any atom is 0.453 e. The highest BCUT2D eigenvalue weighted by Crippen LogP contribution is 2.28. The third-order valence-electron chi connectivity index (χ3n) is 6.17. The highest BCUT2D eigenvalue weighted by molar-refractivity contribution is 5.79. The Kier molecular flexibility index (Phi) is 5.58. The van der Waals surface area contributed by atoms with E-state index in [1.807, 2.05) is 36.1 Å². The third-order valence-corrected chi connectivity index (χ3v) is 6.17. The number of carbonyl (C=O) groups is 1. The zero-order valence-electron chi connectivity index (χ0n) is 18.5. The Hall–Kier alpha value is -3.70. The first-order valence-corrected chi connectivity index (χ1v) is 11.1. The maximum atomic E-state index is 13.1. The molecule has 1 fully saturated rings. The number of piperidine rings is 1. The van der Waals surface area contributed by atoms with Crippen LogP contribution in [0.15, 0.2) is 36.4 Å². The Balaban J connectivity index is 1.17. The van der Waals surface area contributed by atoms with Crippen LogP contribution < -0.4 is 10.2 Å². The summed E-state index contributed by atoms with van der Waals surface area (Å²) in [6, 6.07) is 11.0. The minimum Gasteiger partial charge on any atom is -0.355 e. The van der Waals surface area contributed by atoms with Gasteiger partial charge >= 0.3 is 6.18 Å². The number of nitrogens with zero attached hydrogens (tertiary/aromatic N) is 7. The van der Waals surface area contributed by atoms with Gasteiger partial charge < -0.3 is 14.8 Å². The van der Waals surface area contributed by atoms with Crippen LogP contribution in [-0.2, 0) is 17.5 Å². The molecular formula is C22H23F3N8O. The second kappa shape index (κ2) is 8.58. The summed E-state index contributed by atoms with van der Waals surface area (Å²) in [6.07, 6.45) is -3.46. The number of fused-ring (bicyclic) bond motifs is 2. The van der Waals surface area contributed by atoms with Crippen LogP contribution in [0, 0.1) is 12.8 Å². The number of halogens is 3. The van der Waals surface area contributed by atoms with Crippen LogP contribution in [0.2, 0.25) is 0 Å². The molecule has 5 rings (SSSR count). The molecule has 4 aromatic rings. The Morgan fingerprint density at radius 1 is 1.12 bits per heavy atom. The zero-order chi connectivity index (χ0) is 23.9. The predicted molar refractivity (Wildman–Crippen MR) is 118 cm³/mol. The summed E-state index contributed by atoms with van der Waals surface area (Å²) in [5, 5.41) is 13.8. The van der Waals surface area contributed by atoms with Crippen molar-refractivity contribution in [2.24, 2.45) is 5.92 Å². The average molecular weight is 472 g/mol. The molecule has 0 radical (unpaired) electrons. The fraction of sp³-hybridized carbons (Fsp3) is 0.409. The summed E-state index contributed by atoms with van der Waals surface area (Å²) in [6.45, 7) is 4.10. The number of imidazole rings is 1. The zero-order valence-corrected chi connectivity index (χ0v) is 18.5. The van der Waals surface area contributed by atoms with Gasteiger partial charge in [-0.15, -0.1) is 15.3 Å². The van der Waals surface area contributed by atoms with Crippen molar-refractivity contribution in [3.05, 3.63) is 48.0 Å². The number of rotatable bonds is 5. The number of nitrogens with one attached hydrogen (secondary N) is 1. The molecular weight excluding hydrogens is 449 g/mol. The highest BCUT2D eigenvalue weighted by Gasteiger charge is 2.38. The van der Waals surface area contributed by atoms with Crippen LogP contribution in [0.1, 0.15) is 24.5 Å². The van der Waals surface area contributed by atoms with E-state index in [4.69, 9.17) is 0 Å². The molecule has 178 valence electrons. The Bertz CT molecular complexity index is 1340. The predicted octanol–water partition coefficient (Wildman–Crippen LogP) is 2.83. The first-order valence-electron chi connectivity index (χ1n) is 11.1. The van der Waals surface area contributed by atoms with Gasteiger partial charge in [0.1, 0.15) is 11.6 Å². The number of amides is 1. The van der Waals surface area contributed by atoms with Crippen molar-refractivity contribution >= 4 is 28.4 Å². The molecule has 1 N–H and O–H groups in total. The molecule has 0 bridgehead atoms. The van der Waals surface area contributed by atoms with Crippen LogP contribution >= 0.6 is 0 Å². The fourth-order valence-corrected chi connectivity index (χ4v) is 4.41. The lowest BCUT2D eigenvalue weighted by molar-refractivity contribution is -0.146. The first-order chi connectivity index (χ1) is 16.3. The topological polar surface area (TPSA) is 93.2 Å². The SMILES string of the molecule is Cc1nc2ccccc2n1CCNC(=O)C1CCN(c2ccc3nnc(C(F)(F)F)n3n2)CC1. The van der Waals surface area contributed by atoms with E-state index in [9.17, 15) is 18.0 Å². The lowest BCUT2D eigenvalue weighted by Gasteiger charge is -2.32. The van der Waals surface area contributed by atoms with Gasteiger partial charge in [-0.2, -0.15) is 17.7 Å². The number of aromatic nitrogens is 6. The summed E-state index contributed by atoms with van der Waals surface area (Å²) < 4.78 is 42.2. The van der Waals surface area contributed by atoms with E-state index in [1.54, 1.807) is 6.07 Å². The largest absolute Gasteiger partial charge is 0.453 e. The number of hydrogen-bond acceptors (Lipinski definition) is 6. The Morgan fingerprint density at radius 3 is 2.65 bits per heavy atom. The van der Waals surface area contributed by atoms with Gasteiger partial charge in [0, 0.05) is 32.1 Å². The minimum absolute atomic E-state index is 0.0108. The number of benzene rings is 1. The average Bonchev–Trinajstić information content (AvgIpc) is 3.39. The van der Waals surface area contributed by atoms with Crippen LogP contribution in [0.3, 0.4) is 0 Å². The summed E-state index contributed by atoms with van der Waals surface area (Å²) in [7, 11) is 0. The minimum atomic E-state index is -4.64. The third kappa shape index (κ3) is 4.15. The van der Waals surface area contributed by atoms with Gasteiger partial charge in [0.15, 0.2) is 5.65 Å². The van der Waals surface area contributed by atoms with Crippen molar-refractivity contribution in [1.82, 2.24) is 34.7 Å². The number of aryl methyl sites for hydroxylation is 1. The molecule has 0 aliphatic carbocycles. The van der Waals surface area contributed by atoms with Gasteiger partial charge in [-0.1, -0.05) is 12.1 Å². The van der Waals surface area contributed by atoms with Crippen LogP contribution in [0.25, 0.3) is 16.7 Å². The van der Waals surface area contributed by atoms with Gasteiger partial charge in [-0.25, -0.2) is 4.98 Å². The van der Waals surface area contributed by atoms with Gasteiger partial charge in [0.25, 0.3) is 5.82 Å². The highest BCUT2D eigenvalue weighted by atomic mass is 19.4. The van der Waals surface area contributed by atoms with Crippen molar-refractivity contribution in [1.29, 1.82) is 0 Å². The molecule has 1 aromatic carbocycles. The smallest absolute Gasteiger partial charge is 0.355 e. The molecule has 3 aromatic heterocycles. The van der Waals surface area contributed by atoms with Crippen LogP contribution in [0.5, 0.6) is 0 Å². The van der Waals surface area contributed by atoms with Crippen molar-refractivity contribution in [2.45, 2.75) is 32.5 Å². The normalized spacial score (nSPS) is 15.4. The monoisotopic (exact) mass is 472 g/mol. The molecule has 0 atom stereocenters. The summed E-state index contributed by atoms with van der Waals surface area (Å²) >= 11 is 0. The van der Waals surface area contributed by atoms with Gasteiger partial charge in [0.05, 0.1) is 11.0 Å². The summed E-state index contributed by atoms with van der Waals surface area (Å²) in [5.41, 5.74) is 2.00. The second-order valence-electron chi connectivity index (χ2n) is 8.33. The van der Waals surface area contributed by atoms with Gasteiger partial charge in [-0.3, -0.25) is 4.79 Å². The quantitative estimate of drug-likeness (QED) is 0.480. The lowest BCUT2D eigenvalue weighted by Crippen LogP contribution is -2.41. The van der Waals surface area contributed by atoms with E-state index in [-0.39, 0.29) is 17.5 Å². The van der Waals surface area contributed by atoms with E-state index in [0.717, 1.165) is 21.4 Å². The first kappa shape index (κ1) is 22.1. The standard InChI is InChI=1S/C22H23F3N8O/c1-14-27-16-4-2-3-5-17(16)32(14)13-10-26-20(34)15-8-11-31(12-9-15)19-7-6-18-28-29-21(22(23,24)25)33(18)30-19/h2-7,15H,8-13H2,1H3,(H,26,34). The number of anilines is 1.